The van der Waals surface area contributed by atoms with E-state index in [1.54, 1.807) is 0 Å². The molecule has 1 aliphatic heterocycles. The largest absolute Gasteiger partial charge is 0.404 e. The molecule has 0 unspecified atom stereocenters. The summed E-state index contributed by atoms with van der Waals surface area (Å²) in [5, 5.41) is 2.60. The minimum atomic E-state index is -0.0579. The van der Waals surface area contributed by atoms with Crippen LogP contribution in [0.2, 0.25) is 0 Å². The molecule has 0 spiro atoms. The molecule has 1 fully saturated rings. The maximum absolute atomic E-state index is 10.5. The van der Waals surface area contributed by atoms with E-state index < -0.39 is 0 Å². The highest BCUT2D eigenvalue weighted by molar-refractivity contribution is 8.04. The van der Waals surface area contributed by atoms with Gasteiger partial charge < -0.3 is 11.1 Å². The van der Waals surface area contributed by atoms with Crippen LogP contribution in [0.3, 0.4) is 0 Å². The van der Waals surface area contributed by atoms with Gasteiger partial charge in [-0.15, -0.1) is 0 Å². The van der Waals surface area contributed by atoms with Gasteiger partial charge in [0.15, 0.2) is 0 Å². The van der Waals surface area contributed by atoms with Gasteiger partial charge in [-0.25, -0.2) is 0 Å². The number of carbonyl (C=O) groups excluding carboxylic acids is 1. The van der Waals surface area contributed by atoms with Gasteiger partial charge in [0.05, 0.1) is 10.8 Å². The predicted molar refractivity (Wildman–Crippen MR) is 32.9 cm³/mol. The fraction of sp³-hybridized carbons (Fsp3) is 0.250. The Morgan fingerprint density at radius 3 is 2.88 bits per heavy atom. The van der Waals surface area contributed by atoms with Gasteiger partial charge in [0.25, 0.3) is 5.91 Å². The van der Waals surface area contributed by atoms with Gasteiger partial charge in [0.1, 0.15) is 0 Å². The summed E-state index contributed by atoms with van der Waals surface area (Å²) in [4.78, 5) is 11.1. The Balaban J connectivity index is 2.69. The molecule has 0 radical (unpaired) electrons. The lowest BCUT2D eigenvalue weighted by Crippen LogP contribution is -2.14. The number of rotatable bonds is 0. The summed E-state index contributed by atoms with van der Waals surface area (Å²) in [5.74, 6) is 0.597. The number of hydrogen-bond donors (Lipinski definition) is 2. The quantitative estimate of drug-likeness (QED) is 0.439. The van der Waals surface area contributed by atoms with Crippen LogP contribution in [0.25, 0.3) is 0 Å². The van der Waals surface area contributed by atoms with Crippen LogP contribution in [0, 0.1) is 0 Å². The lowest BCUT2D eigenvalue weighted by molar-refractivity contribution is -0.116. The van der Waals surface area contributed by atoms with Crippen LogP contribution in [0.4, 0.5) is 0 Å². The molecule has 1 saturated heterocycles. The first-order valence-electron chi connectivity index (χ1n) is 2.17. The molecule has 1 aliphatic rings. The summed E-state index contributed by atoms with van der Waals surface area (Å²) in [5.41, 5.74) is 5.08. The molecule has 4 heteroatoms. The molecule has 44 valence electrons. The summed E-state index contributed by atoms with van der Waals surface area (Å²) in [6, 6.07) is 0. The van der Waals surface area contributed by atoms with E-state index in [0.29, 0.717) is 10.8 Å². The molecule has 0 aromatic carbocycles. The van der Waals surface area contributed by atoms with Crippen molar-refractivity contribution in [1.29, 1.82) is 0 Å². The van der Waals surface area contributed by atoms with Crippen molar-refractivity contribution in [3.8, 4) is 0 Å². The molecular weight excluding hydrogens is 124 g/mol. The average Bonchev–Trinajstić information content (AvgIpc) is 2.14. The Morgan fingerprint density at radius 1 is 1.88 bits per heavy atom. The molecule has 3 nitrogen and oxygen atoms in total. The van der Waals surface area contributed by atoms with Crippen LogP contribution in [0.15, 0.2) is 11.1 Å². The molecule has 1 amide bonds. The summed E-state index contributed by atoms with van der Waals surface area (Å²) < 4.78 is 0. The molecule has 1 heterocycles. The first kappa shape index (κ1) is 5.50. The third-order valence-corrected chi connectivity index (χ3v) is 1.76. The van der Waals surface area contributed by atoms with Crippen molar-refractivity contribution in [3.05, 3.63) is 11.1 Å². The fourth-order valence-electron chi connectivity index (χ4n) is 0.456. The molecule has 0 aliphatic carbocycles. The Bertz CT molecular complexity index is 143. The first-order chi connectivity index (χ1) is 3.84. The molecule has 8 heavy (non-hydrogen) atoms. The minimum Gasteiger partial charge on any atom is -0.404 e. The van der Waals surface area contributed by atoms with Crippen molar-refractivity contribution in [2.75, 3.05) is 5.88 Å². The maximum atomic E-state index is 10.5. The van der Waals surface area contributed by atoms with Crippen LogP contribution >= 0.6 is 11.8 Å². The van der Waals surface area contributed by atoms with Crippen molar-refractivity contribution < 1.29 is 4.79 Å². The normalized spacial score (nSPS) is 24.0. The van der Waals surface area contributed by atoms with E-state index in [1.807, 2.05) is 0 Å². The van der Waals surface area contributed by atoms with E-state index in [9.17, 15) is 4.79 Å². The van der Waals surface area contributed by atoms with E-state index >= 15 is 0 Å². The SMILES string of the molecule is NC=C1SCNC1=O. The number of hydrogen-bond acceptors (Lipinski definition) is 3. The Labute approximate surface area is 51.3 Å². The lowest BCUT2D eigenvalue weighted by atomic mass is 10.6. The average molecular weight is 130 g/mol. The standard InChI is InChI=1S/C4H6N2OS/c5-1-3-4(7)6-2-8-3/h1H,2,5H2,(H,6,7). The maximum Gasteiger partial charge on any atom is 0.259 e. The lowest BCUT2D eigenvalue weighted by Gasteiger charge is -1.83. The summed E-state index contributed by atoms with van der Waals surface area (Å²) >= 11 is 1.43. The van der Waals surface area contributed by atoms with Gasteiger partial charge in [-0.3, -0.25) is 4.79 Å². The van der Waals surface area contributed by atoms with Crippen LogP contribution in [0.5, 0.6) is 0 Å². The Kier molecular flexibility index (Phi) is 1.43. The van der Waals surface area contributed by atoms with E-state index in [4.69, 9.17) is 5.73 Å². The molecule has 0 aromatic rings. The van der Waals surface area contributed by atoms with E-state index in [-0.39, 0.29) is 5.91 Å². The van der Waals surface area contributed by atoms with Crippen LogP contribution in [-0.4, -0.2) is 11.8 Å². The van der Waals surface area contributed by atoms with Crippen molar-refractivity contribution in [2.45, 2.75) is 0 Å². The molecule has 0 aromatic heterocycles. The van der Waals surface area contributed by atoms with Crippen LogP contribution < -0.4 is 11.1 Å². The van der Waals surface area contributed by atoms with Crippen LogP contribution in [-0.2, 0) is 4.79 Å². The zero-order valence-corrected chi connectivity index (χ0v) is 4.99. The van der Waals surface area contributed by atoms with E-state index in [1.165, 1.54) is 18.0 Å². The third-order valence-electron chi connectivity index (χ3n) is 0.836. The number of amides is 1. The Morgan fingerprint density at radius 2 is 2.62 bits per heavy atom. The number of nitrogens with one attached hydrogen (secondary N) is 1. The van der Waals surface area contributed by atoms with Gasteiger partial charge in [-0.2, -0.15) is 0 Å². The third kappa shape index (κ3) is 0.790. The van der Waals surface area contributed by atoms with Gasteiger partial charge in [0.2, 0.25) is 0 Å². The topological polar surface area (TPSA) is 55.1 Å². The highest BCUT2D eigenvalue weighted by Crippen LogP contribution is 2.18. The molecule has 0 bridgehead atoms. The molecule has 3 N–H and O–H groups in total. The molecular formula is C4H6N2OS. The molecule has 0 saturated carbocycles. The second-order valence-corrected chi connectivity index (χ2v) is 2.34. The fourth-order valence-corrected chi connectivity index (χ4v) is 1.11. The van der Waals surface area contributed by atoms with E-state index in [2.05, 4.69) is 5.32 Å². The van der Waals surface area contributed by atoms with Crippen LogP contribution in [0.1, 0.15) is 0 Å². The zero-order chi connectivity index (χ0) is 5.98. The van der Waals surface area contributed by atoms with Gasteiger partial charge in [0, 0.05) is 6.20 Å². The van der Waals surface area contributed by atoms with Crippen molar-refractivity contribution in [1.82, 2.24) is 5.32 Å². The van der Waals surface area contributed by atoms with Crippen molar-refractivity contribution in [3.63, 3.8) is 0 Å². The summed E-state index contributed by atoms with van der Waals surface area (Å²) in [6.07, 6.45) is 1.33. The highest BCUT2D eigenvalue weighted by atomic mass is 32.2. The number of nitrogens with two attached hydrogens (primary N) is 1. The number of carbonyl (C=O) groups is 1. The highest BCUT2D eigenvalue weighted by Gasteiger charge is 2.14. The monoisotopic (exact) mass is 130 g/mol. The second-order valence-electron chi connectivity index (χ2n) is 1.33. The predicted octanol–water partition coefficient (Wildman–Crippen LogP) is -0.393. The molecule has 0 atom stereocenters. The van der Waals surface area contributed by atoms with Crippen molar-refractivity contribution in [2.24, 2.45) is 5.73 Å². The second kappa shape index (κ2) is 2.09. The first-order valence-corrected chi connectivity index (χ1v) is 3.16. The van der Waals surface area contributed by atoms with Gasteiger partial charge in [-0.05, 0) is 0 Å². The number of thioether (sulfide) groups is 1. The summed E-state index contributed by atoms with van der Waals surface area (Å²) in [7, 11) is 0. The zero-order valence-electron chi connectivity index (χ0n) is 4.18. The smallest absolute Gasteiger partial charge is 0.259 e. The van der Waals surface area contributed by atoms with Crippen molar-refractivity contribution >= 4 is 17.7 Å². The van der Waals surface area contributed by atoms with Gasteiger partial charge >= 0.3 is 0 Å². The Hall–Kier alpha value is -0.640. The van der Waals surface area contributed by atoms with E-state index in [0.717, 1.165) is 0 Å². The summed E-state index contributed by atoms with van der Waals surface area (Å²) in [6.45, 7) is 0. The minimum absolute atomic E-state index is 0.0579. The molecule has 1 rings (SSSR count). The van der Waals surface area contributed by atoms with Gasteiger partial charge in [-0.1, -0.05) is 11.8 Å².